The molecule has 0 saturated heterocycles. The van der Waals surface area contributed by atoms with Crippen molar-refractivity contribution in [3.8, 4) is 5.75 Å². The van der Waals surface area contributed by atoms with Crippen molar-refractivity contribution in [3.63, 3.8) is 0 Å². The lowest BCUT2D eigenvalue weighted by atomic mass is 10.0. The van der Waals surface area contributed by atoms with Gasteiger partial charge in [-0.15, -0.1) is 0 Å². The van der Waals surface area contributed by atoms with E-state index < -0.39 is 34.4 Å². The van der Waals surface area contributed by atoms with Gasteiger partial charge in [0.2, 0.25) is 5.91 Å². The van der Waals surface area contributed by atoms with E-state index in [0.29, 0.717) is 5.02 Å². The summed E-state index contributed by atoms with van der Waals surface area (Å²) in [5.74, 6) is -1.00. The van der Waals surface area contributed by atoms with Crippen LogP contribution in [0.3, 0.4) is 0 Å². The van der Waals surface area contributed by atoms with Gasteiger partial charge < -0.3 is 15.0 Å². The molecule has 0 radical (unpaired) electrons. The van der Waals surface area contributed by atoms with E-state index in [1.807, 2.05) is 61.5 Å². The third kappa shape index (κ3) is 10.2. The molecular weight excluding hydrogens is 665 g/mol. The molecule has 252 valence electrons. The number of amides is 2. The minimum atomic E-state index is -3.96. The molecule has 1 atom stereocenters. The lowest BCUT2D eigenvalue weighted by Gasteiger charge is -2.31. The summed E-state index contributed by atoms with van der Waals surface area (Å²) in [5, 5.41) is 3.55. The minimum Gasteiger partial charge on any atom is -0.484 e. The summed E-state index contributed by atoms with van der Waals surface area (Å²) in [7, 11) is -3.96. The van der Waals surface area contributed by atoms with Crippen LogP contribution in [0.1, 0.15) is 22.3 Å². The van der Waals surface area contributed by atoms with Crippen LogP contribution < -0.4 is 14.8 Å². The van der Waals surface area contributed by atoms with E-state index >= 15 is 0 Å². The number of sulfonamides is 1. The Bertz CT molecular complexity index is 1960. The first kappa shape index (κ1) is 35.1. The maximum atomic E-state index is 14.0. The molecule has 5 aromatic rings. The van der Waals surface area contributed by atoms with Gasteiger partial charge in [-0.3, -0.25) is 14.3 Å². The van der Waals surface area contributed by atoms with Crippen LogP contribution in [0.25, 0.3) is 0 Å². The summed E-state index contributed by atoms with van der Waals surface area (Å²) in [5.41, 5.74) is 3.88. The number of hydrogen-bond donors (Lipinski definition) is 2. The van der Waals surface area contributed by atoms with Crippen LogP contribution >= 0.6 is 11.6 Å². The zero-order chi connectivity index (χ0) is 34.8. The van der Waals surface area contributed by atoms with Crippen molar-refractivity contribution < 1.29 is 27.1 Å². The van der Waals surface area contributed by atoms with Crippen molar-refractivity contribution in [1.82, 2.24) is 10.2 Å². The number of halogens is 2. The number of nitrogens with zero attached hydrogens (tertiary/aromatic N) is 1. The second-order valence-corrected chi connectivity index (χ2v) is 13.5. The Kier molecular flexibility index (Phi) is 11.7. The number of rotatable bonds is 14. The van der Waals surface area contributed by atoms with E-state index in [1.54, 1.807) is 24.3 Å². The average Bonchev–Trinajstić information content (AvgIpc) is 3.10. The molecular formula is C38H35ClFN3O5S. The number of benzene rings is 5. The number of anilines is 1. The Morgan fingerprint density at radius 3 is 2.08 bits per heavy atom. The molecule has 5 aromatic carbocycles. The van der Waals surface area contributed by atoms with Crippen molar-refractivity contribution in [2.45, 2.75) is 37.4 Å². The van der Waals surface area contributed by atoms with Gasteiger partial charge in [0.15, 0.2) is 6.61 Å². The van der Waals surface area contributed by atoms with Crippen molar-refractivity contribution in [2.24, 2.45) is 0 Å². The number of nitrogens with one attached hydrogen (secondary N) is 2. The van der Waals surface area contributed by atoms with Crippen molar-refractivity contribution in [3.05, 3.63) is 160 Å². The van der Waals surface area contributed by atoms with Crippen molar-refractivity contribution >= 4 is 39.1 Å². The molecule has 0 aliphatic carbocycles. The molecule has 0 saturated carbocycles. The van der Waals surface area contributed by atoms with Crippen LogP contribution in [-0.2, 0) is 39.1 Å². The maximum Gasteiger partial charge on any atom is 0.261 e. The highest BCUT2D eigenvalue weighted by Gasteiger charge is 2.31. The Balaban J connectivity index is 1.34. The predicted octanol–water partition coefficient (Wildman–Crippen LogP) is 6.92. The van der Waals surface area contributed by atoms with Gasteiger partial charge in [-0.1, -0.05) is 83.9 Å². The van der Waals surface area contributed by atoms with E-state index in [2.05, 4.69) is 10.0 Å². The molecule has 2 amide bonds. The average molecular weight is 700 g/mol. The number of ether oxygens (including phenoxy) is 1. The van der Waals surface area contributed by atoms with Crippen LogP contribution in [0.15, 0.2) is 132 Å². The van der Waals surface area contributed by atoms with Gasteiger partial charge in [-0.05, 0) is 84.3 Å². The maximum absolute atomic E-state index is 14.0. The van der Waals surface area contributed by atoms with E-state index in [1.165, 1.54) is 41.3 Å². The Morgan fingerprint density at radius 1 is 0.796 bits per heavy atom. The first-order chi connectivity index (χ1) is 23.6. The molecule has 11 heteroatoms. The Hall–Kier alpha value is -5.19. The summed E-state index contributed by atoms with van der Waals surface area (Å²) in [6, 6.07) is 33.9. The van der Waals surface area contributed by atoms with Gasteiger partial charge >= 0.3 is 0 Å². The van der Waals surface area contributed by atoms with Crippen LogP contribution in [-0.4, -0.2) is 37.8 Å². The van der Waals surface area contributed by atoms with Crippen LogP contribution in [0.2, 0.25) is 5.02 Å². The number of carbonyl (C=O) groups is 2. The van der Waals surface area contributed by atoms with E-state index in [9.17, 15) is 22.4 Å². The summed E-state index contributed by atoms with van der Waals surface area (Å²) >= 11 is 6.12. The zero-order valence-corrected chi connectivity index (χ0v) is 28.3. The lowest BCUT2D eigenvalue weighted by Crippen LogP contribution is -2.51. The lowest BCUT2D eigenvalue weighted by molar-refractivity contribution is -0.142. The molecule has 0 fully saturated rings. The highest BCUT2D eigenvalue weighted by molar-refractivity contribution is 7.92. The van der Waals surface area contributed by atoms with Crippen LogP contribution in [0.5, 0.6) is 5.75 Å². The van der Waals surface area contributed by atoms with Gasteiger partial charge in [0.1, 0.15) is 17.6 Å². The molecule has 0 aliphatic heterocycles. The fraction of sp³-hybridized carbons (Fsp3) is 0.158. The first-order valence-electron chi connectivity index (χ1n) is 15.5. The fourth-order valence-corrected chi connectivity index (χ4v) is 6.21. The quantitative estimate of drug-likeness (QED) is 0.131. The predicted molar refractivity (Wildman–Crippen MR) is 188 cm³/mol. The monoisotopic (exact) mass is 699 g/mol. The fourth-order valence-electron chi connectivity index (χ4n) is 5.03. The van der Waals surface area contributed by atoms with Crippen molar-refractivity contribution in [1.29, 1.82) is 0 Å². The van der Waals surface area contributed by atoms with Crippen LogP contribution in [0.4, 0.5) is 10.1 Å². The smallest absolute Gasteiger partial charge is 0.261 e. The molecule has 0 heterocycles. The molecule has 0 unspecified atom stereocenters. The summed E-state index contributed by atoms with van der Waals surface area (Å²) in [6.45, 7) is 1.98. The van der Waals surface area contributed by atoms with Gasteiger partial charge in [-0.25, -0.2) is 12.8 Å². The van der Waals surface area contributed by atoms with Gasteiger partial charge in [-0.2, -0.15) is 0 Å². The zero-order valence-electron chi connectivity index (χ0n) is 26.7. The Labute approximate surface area is 290 Å². The molecule has 0 aromatic heterocycles. The highest BCUT2D eigenvalue weighted by Crippen LogP contribution is 2.21. The van der Waals surface area contributed by atoms with E-state index in [0.717, 1.165) is 34.4 Å². The third-order valence-corrected chi connectivity index (χ3v) is 9.37. The summed E-state index contributed by atoms with van der Waals surface area (Å²) in [6.07, 6.45) is 0.257. The highest BCUT2D eigenvalue weighted by atomic mass is 35.5. The first-order valence-corrected chi connectivity index (χ1v) is 17.3. The number of hydrogen-bond acceptors (Lipinski definition) is 5. The molecule has 49 heavy (non-hydrogen) atoms. The molecule has 5 rings (SSSR count). The summed E-state index contributed by atoms with van der Waals surface area (Å²) in [4.78, 5) is 29.3. The SMILES string of the molecule is Cc1ccc(CNC(=O)[C@H](Cc2ccccc2)N(Cc2ccc(Cl)cc2)C(=O)COc2ccc(S(=O)(=O)Nc3ccc(F)cc3)cc2)cc1. The topological polar surface area (TPSA) is 105 Å². The van der Waals surface area contributed by atoms with Crippen LogP contribution in [0, 0.1) is 12.7 Å². The van der Waals surface area contributed by atoms with E-state index in [-0.39, 0.29) is 41.7 Å². The summed E-state index contributed by atoms with van der Waals surface area (Å²) < 4.78 is 47.1. The second-order valence-electron chi connectivity index (χ2n) is 11.4. The van der Waals surface area contributed by atoms with Gasteiger partial charge in [0.05, 0.1) is 4.90 Å². The molecule has 8 nitrogen and oxygen atoms in total. The third-order valence-electron chi connectivity index (χ3n) is 7.72. The molecule has 0 bridgehead atoms. The number of aryl methyl sites for hydroxylation is 1. The minimum absolute atomic E-state index is 0.0481. The molecule has 0 aliphatic rings. The largest absolute Gasteiger partial charge is 0.484 e. The molecule has 0 spiro atoms. The number of carbonyl (C=O) groups excluding carboxylic acids is 2. The van der Waals surface area contributed by atoms with Gasteiger partial charge in [0, 0.05) is 30.2 Å². The molecule has 2 N–H and O–H groups in total. The standard InChI is InChI=1S/C38H35ClFN3O5S/c1-27-7-9-29(10-8-27)24-41-38(45)36(23-28-5-3-2-4-6-28)43(25-30-11-13-31(39)14-12-30)37(44)26-48-34-19-21-35(22-20-34)49(46,47)42-33-17-15-32(40)16-18-33/h2-22,36,42H,23-26H2,1H3,(H,41,45)/t36-/m0/s1. The van der Waals surface area contributed by atoms with Gasteiger partial charge in [0.25, 0.3) is 15.9 Å². The normalized spacial score (nSPS) is 11.7. The second kappa shape index (κ2) is 16.3. The van der Waals surface area contributed by atoms with Crippen molar-refractivity contribution in [2.75, 3.05) is 11.3 Å². The van der Waals surface area contributed by atoms with E-state index in [4.69, 9.17) is 16.3 Å². The Morgan fingerprint density at radius 2 is 1.43 bits per heavy atom.